The molecule has 0 bridgehead atoms. The van der Waals surface area contributed by atoms with Crippen LogP contribution in [0.25, 0.3) is 0 Å². The number of aryl methyl sites for hydroxylation is 2. The molecule has 1 saturated heterocycles. The average Bonchev–Trinajstić information content (AvgIpc) is 3.20. The van der Waals surface area contributed by atoms with Gasteiger partial charge >= 0.3 is 0 Å². The van der Waals surface area contributed by atoms with Crippen molar-refractivity contribution >= 4 is 22.4 Å². The maximum absolute atomic E-state index is 12.2. The van der Waals surface area contributed by atoms with Crippen molar-refractivity contribution in [2.24, 2.45) is 0 Å². The van der Waals surface area contributed by atoms with E-state index >= 15 is 0 Å². The molecule has 2 aliphatic heterocycles. The minimum Gasteiger partial charge on any atom is -0.350 e. The van der Waals surface area contributed by atoms with Gasteiger partial charge in [0.1, 0.15) is 0 Å². The molecular formula is C19H23N3OS. The number of anilines is 1. The summed E-state index contributed by atoms with van der Waals surface area (Å²) in [4.78, 5) is 20.7. The van der Waals surface area contributed by atoms with Crippen molar-refractivity contribution in [3.8, 4) is 0 Å². The number of nitrogens with one attached hydrogen (secondary N) is 1. The molecular weight excluding hydrogens is 318 g/mol. The fourth-order valence-electron chi connectivity index (χ4n) is 3.58. The second-order valence-corrected chi connectivity index (χ2v) is 7.89. The van der Waals surface area contributed by atoms with Crippen LogP contribution in [0.3, 0.4) is 0 Å². The summed E-state index contributed by atoms with van der Waals surface area (Å²) < 4.78 is 0. The van der Waals surface area contributed by atoms with E-state index in [0.29, 0.717) is 13.0 Å². The first kappa shape index (κ1) is 15.6. The standard InChI is InChI=1S/C19H23N3OS/c1-12-5-6-14(9-13(12)2)15-10-17(23)20-11-16-18(15)24-19(21-16)22-7-3-4-8-22/h5-6,9,15H,3-4,7-8,10-11H2,1-2H3,(H,20,23). The molecule has 1 unspecified atom stereocenters. The van der Waals surface area contributed by atoms with Gasteiger partial charge in [0, 0.05) is 30.3 Å². The smallest absolute Gasteiger partial charge is 0.221 e. The van der Waals surface area contributed by atoms with E-state index in [-0.39, 0.29) is 11.8 Å². The summed E-state index contributed by atoms with van der Waals surface area (Å²) in [6.07, 6.45) is 3.01. The Kier molecular flexibility index (Phi) is 4.04. The van der Waals surface area contributed by atoms with Gasteiger partial charge in [-0.2, -0.15) is 0 Å². The van der Waals surface area contributed by atoms with Crippen molar-refractivity contribution in [2.75, 3.05) is 18.0 Å². The van der Waals surface area contributed by atoms with Crippen LogP contribution in [-0.4, -0.2) is 24.0 Å². The molecule has 1 aromatic heterocycles. The van der Waals surface area contributed by atoms with E-state index in [9.17, 15) is 4.79 Å². The van der Waals surface area contributed by atoms with E-state index in [1.165, 1.54) is 34.4 Å². The second-order valence-electron chi connectivity index (χ2n) is 6.88. The maximum Gasteiger partial charge on any atom is 0.221 e. The summed E-state index contributed by atoms with van der Waals surface area (Å²) >= 11 is 1.78. The Morgan fingerprint density at radius 2 is 2.00 bits per heavy atom. The first-order valence-electron chi connectivity index (χ1n) is 8.70. The largest absolute Gasteiger partial charge is 0.350 e. The predicted octanol–water partition coefficient (Wildman–Crippen LogP) is 3.51. The molecule has 1 aromatic carbocycles. The Bertz CT molecular complexity index is 777. The molecule has 1 N–H and O–H groups in total. The number of thiazole rings is 1. The van der Waals surface area contributed by atoms with Gasteiger partial charge in [-0.15, -0.1) is 11.3 Å². The molecule has 0 radical (unpaired) electrons. The number of hydrogen-bond acceptors (Lipinski definition) is 4. The summed E-state index contributed by atoms with van der Waals surface area (Å²) in [7, 11) is 0. The molecule has 126 valence electrons. The summed E-state index contributed by atoms with van der Waals surface area (Å²) in [6.45, 7) is 7.03. The highest BCUT2D eigenvalue weighted by Gasteiger charge is 2.29. The van der Waals surface area contributed by atoms with Gasteiger partial charge in [-0.3, -0.25) is 4.79 Å². The fourth-order valence-corrected chi connectivity index (χ4v) is 4.84. The number of benzene rings is 1. The SMILES string of the molecule is Cc1ccc(C2CC(=O)NCc3nc(N4CCCC4)sc32)cc1C. The predicted molar refractivity (Wildman–Crippen MR) is 97.8 cm³/mol. The van der Waals surface area contributed by atoms with Crippen molar-refractivity contribution in [2.45, 2.75) is 45.6 Å². The van der Waals surface area contributed by atoms with Crippen LogP contribution in [0.15, 0.2) is 18.2 Å². The quantitative estimate of drug-likeness (QED) is 0.909. The number of rotatable bonds is 2. The van der Waals surface area contributed by atoms with Crippen molar-refractivity contribution < 1.29 is 4.79 Å². The molecule has 1 fully saturated rings. The van der Waals surface area contributed by atoms with Gasteiger partial charge in [-0.05, 0) is 43.4 Å². The Morgan fingerprint density at radius 3 is 2.75 bits per heavy atom. The summed E-state index contributed by atoms with van der Waals surface area (Å²) in [6, 6.07) is 6.57. The van der Waals surface area contributed by atoms with E-state index in [1.807, 2.05) is 0 Å². The molecule has 5 heteroatoms. The van der Waals surface area contributed by atoms with Crippen LogP contribution in [-0.2, 0) is 11.3 Å². The fraction of sp³-hybridized carbons (Fsp3) is 0.474. The molecule has 24 heavy (non-hydrogen) atoms. The van der Waals surface area contributed by atoms with Crippen LogP contribution in [0.2, 0.25) is 0 Å². The van der Waals surface area contributed by atoms with Gasteiger partial charge in [0.05, 0.1) is 12.2 Å². The lowest BCUT2D eigenvalue weighted by Crippen LogP contribution is -2.22. The van der Waals surface area contributed by atoms with E-state index in [0.717, 1.165) is 23.9 Å². The maximum atomic E-state index is 12.2. The highest BCUT2D eigenvalue weighted by atomic mass is 32.1. The minimum absolute atomic E-state index is 0.117. The van der Waals surface area contributed by atoms with Crippen molar-refractivity contribution in [1.82, 2.24) is 10.3 Å². The Hall–Kier alpha value is -1.88. The summed E-state index contributed by atoms with van der Waals surface area (Å²) in [5.41, 5.74) is 4.85. The molecule has 1 atom stereocenters. The first-order valence-corrected chi connectivity index (χ1v) is 9.52. The van der Waals surface area contributed by atoms with E-state index < -0.39 is 0 Å². The van der Waals surface area contributed by atoms with Crippen molar-refractivity contribution in [1.29, 1.82) is 0 Å². The molecule has 0 aliphatic carbocycles. The number of fused-ring (bicyclic) bond motifs is 1. The van der Waals surface area contributed by atoms with Gasteiger partial charge in [0.2, 0.25) is 5.91 Å². The van der Waals surface area contributed by atoms with Crippen LogP contribution in [0.5, 0.6) is 0 Å². The van der Waals surface area contributed by atoms with Crippen LogP contribution < -0.4 is 10.2 Å². The van der Waals surface area contributed by atoms with Gasteiger partial charge in [0.15, 0.2) is 5.13 Å². The van der Waals surface area contributed by atoms with Crippen molar-refractivity contribution in [3.63, 3.8) is 0 Å². The number of carbonyl (C=O) groups excluding carboxylic acids is 1. The van der Waals surface area contributed by atoms with Gasteiger partial charge in [0.25, 0.3) is 0 Å². The van der Waals surface area contributed by atoms with Gasteiger partial charge < -0.3 is 10.2 Å². The molecule has 4 rings (SSSR count). The third-order valence-corrected chi connectivity index (χ3v) is 6.46. The lowest BCUT2D eigenvalue weighted by molar-refractivity contribution is -0.121. The van der Waals surface area contributed by atoms with Gasteiger partial charge in [-0.1, -0.05) is 18.2 Å². The second kappa shape index (κ2) is 6.20. The molecule has 2 aliphatic rings. The summed E-state index contributed by atoms with van der Waals surface area (Å²) in [5.74, 6) is 0.238. The number of carbonyl (C=O) groups is 1. The molecule has 2 aromatic rings. The normalized spacial score (nSPS) is 20.7. The number of amides is 1. The highest BCUT2D eigenvalue weighted by Crippen LogP contribution is 2.40. The van der Waals surface area contributed by atoms with Crippen LogP contribution in [0, 0.1) is 13.8 Å². The Balaban J connectivity index is 1.75. The lowest BCUT2D eigenvalue weighted by atomic mass is 9.91. The molecule has 4 nitrogen and oxygen atoms in total. The lowest BCUT2D eigenvalue weighted by Gasteiger charge is -2.16. The summed E-state index contributed by atoms with van der Waals surface area (Å²) in [5, 5.41) is 4.14. The molecule has 0 spiro atoms. The van der Waals surface area contributed by atoms with E-state index in [2.05, 4.69) is 42.3 Å². The van der Waals surface area contributed by atoms with E-state index in [1.54, 1.807) is 11.3 Å². The Labute approximate surface area is 146 Å². The molecule has 3 heterocycles. The number of nitrogens with zero attached hydrogens (tertiary/aromatic N) is 2. The highest BCUT2D eigenvalue weighted by molar-refractivity contribution is 7.15. The first-order chi connectivity index (χ1) is 11.6. The zero-order valence-corrected chi connectivity index (χ0v) is 15.1. The minimum atomic E-state index is 0.117. The van der Waals surface area contributed by atoms with Gasteiger partial charge in [-0.25, -0.2) is 4.98 Å². The van der Waals surface area contributed by atoms with E-state index in [4.69, 9.17) is 4.98 Å². The molecule has 1 amide bonds. The van der Waals surface area contributed by atoms with Crippen molar-refractivity contribution in [3.05, 3.63) is 45.5 Å². The molecule has 0 saturated carbocycles. The Morgan fingerprint density at radius 1 is 1.21 bits per heavy atom. The third-order valence-electron chi connectivity index (χ3n) is 5.19. The average molecular weight is 341 g/mol. The van der Waals surface area contributed by atoms with Crippen LogP contribution in [0.1, 0.15) is 52.4 Å². The zero-order valence-electron chi connectivity index (χ0n) is 14.3. The van der Waals surface area contributed by atoms with Crippen LogP contribution >= 0.6 is 11.3 Å². The van der Waals surface area contributed by atoms with Crippen LogP contribution in [0.4, 0.5) is 5.13 Å². The monoisotopic (exact) mass is 341 g/mol. The number of hydrogen-bond donors (Lipinski definition) is 1. The number of aromatic nitrogens is 1. The third kappa shape index (κ3) is 2.81. The topological polar surface area (TPSA) is 45.2 Å². The zero-order chi connectivity index (χ0) is 16.7.